The molecule has 0 unspecified atom stereocenters. The quantitative estimate of drug-likeness (QED) is 0.196. The molecule has 208 valence electrons. The number of fused-ring (bicyclic) bond motifs is 3. The molecule has 1 aromatic heterocycles. The summed E-state index contributed by atoms with van der Waals surface area (Å²) in [7, 11) is 0. The molecule has 2 nitrogen and oxygen atoms in total. The van der Waals surface area contributed by atoms with Crippen molar-refractivity contribution in [2.24, 2.45) is 0 Å². The van der Waals surface area contributed by atoms with Gasteiger partial charge in [-0.25, -0.2) is 0 Å². The van der Waals surface area contributed by atoms with Crippen molar-refractivity contribution < 1.29 is 0 Å². The van der Waals surface area contributed by atoms with Crippen molar-refractivity contribution in [1.29, 1.82) is 0 Å². The minimum absolute atomic E-state index is 1.11. The van der Waals surface area contributed by atoms with Crippen LogP contribution in [0.2, 0.25) is 0 Å². The van der Waals surface area contributed by atoms with Gasteiger partial charge in [0.1, 0.15) is 0 Å². The smallest absolute Gasteiger partial charge is 0.0547 e. The second kappa shape index (κ2) is 11.1. The molecule has 7 aromatic carbocycles. The molecule has 0 saturated carbocycles. The Morgan fingerprint density at radius 3 is 1.66 bits per heavy atom. The van der Waals surface area contributed by atoms with E-state index in [9.17, 15) is 0 Å². The molecule has 0 saturated heterocycles. The zero-order valence-corrected chi connectivity index (χ0v) is 24.2. The molecule has 1 heterocycles. The number of aromatic nitrogens is 1. The molecular weight excluding hydrogens is 532 g/mol. The molecule has 8 rings (SSSR count). The third kappa shape index (κ3) is 4.45. The molecule has 0 atom stereocenters. The maximum absolute atomic E-state index is 2.39. The maximum atomic E-state index is 2.39. The van der Waals surface area contributed by atoms with Gasteiger partial charge in [-0.1, -0.05) is 127 Å². The van der Waals surface area contributed by atoms with Gasteiger partial charge in [0.25, 0.3) is 0 Å². The van der Waals surface area contributed by atoms with Gasteiger partial charge in [-0.2, -0.15) is 0 Å². The van der Waals surface area contributed by atoms with Crippen molar-refractivity contribution in [2.75, 3.05) is 4.90 Å². The normalized spacial score (nSPS) is 11.2. The molecule has 0 N–H and O–H groups in total. The van der Waals surface area contributed by atoms with Crippen LogP contribution in [0.15, 0.2) is 182 Å². The number of rotatable bonds is 6. The lowest BCUT2D eigenvalue weighted by atomic mass is 9.99. The highest BCUT2D eigenvalue weighted by molar-refractivity contribution is 6.16. The monoisotopic (exact) mass is 562 g/mol. The van der Waals surface area contributed by atoms with Gasteiger partial charge in [0, 0.05) is 33.4 Å². The van der Waals surface area contributed by atoms with E-state index in [1.807, 2.05) is 0 Å². The van der Waals surface area contributed by atoms with E-state index >= 15 is 0 Å². The SMILES string of the molecule is c1ccc(-c2ccccc2N(c2ccccc2)c2ccc3c(c2)c2c(-c4ccccc4)cccc2n3-c2ccccc2)cc1. The van der Waals surface area contributed by atoms with E-state index in [2.05, 4.69) is 191 Å². The summed E-state index contributed by atoms with van der Waals surface area (Å²) in [4.78, 5) is 2.39. The van der Waals surface area contributed by atoms with Crippen LogP contribution in [0.4, 0.5) is 17.1 Å². The fourth-order valence-electron chi connectivity index (χ4n) is 6.45. The van der Waals surface area contributed by atoms with Crippen LogP contribution in [-0.4, -0.2) is 4.57 Å². The lowest BCUT2D eigenvalue weighted by Gasteiger charge is -2.28. The Hall–Kier alpha value is -5.86. The van der Waals surface area contributed by atoms with Gasteiger partial charge in [0.15, 0.2) is 0 Å². The average Bonchev–Trinajstić information content (AvgIpc) is 3.44. The highest BCUT2D eigenvalue weighted by Gasteiger charge is 2.21. The lowest BCUT2D eigenvalue weighted by Crippen LogP contribution is -2.11. The summed E-state index contributed by atoms with van der Waals surface area (Å²) >= 11 is 0. The van der Waals surface area contributed by atoms with Crippen LogP contribution in [0.25, 0.3) is 49.7 Å². The zero-order valence-electron chi connectivity index (χ0n) is 24.2. The summed E-state index contributed by atoms with van der Waals surface area (Å²) in [6, 6.07) is 65.0. The molecule has 0 radical (unpaired) electrons. The summed E-state index contributed by atoms with van der Waals surface area (Å²) in [6.45, 7) is 0. The lowest BCUT2D eigenvalue weighted by molar-refractivity contribution is 1.18. The van der Waals surface area contributed by atoms with Crippen LogP contribution in [0, 0.1) is 0 Å². The van der Waals surface area contributed by atoms with E-state index in [0.717, 1.165) is 22.7 Å². The van der Waals surface area contributed by atoms with Gasteiger partial charge in [-0.05, 0) is 71.3 Å². The Bertz CT molecular complexity index is 2200. The topological polar surface area (TPSA) is 8.17 Å². The first-order valence-corrected chi connectivity index (χ1v) is 15.0. The third-order valence-electron chi connectivity index (χ3n) is 8.38. The van der Waals surface area contributed by atoms with Crippen LogP contribution in [0.3, 0.4) is 0 Å². The minimum atomic E-state index is 1.11. The average molecular weight is 563 g/mol. The third-order valence-corrected chi connectivity index (χ3v) is 8.38. The van der Waals surface area contributed by atoms with Crippen molar-refractivity contribution in [1.82, 2.24) is 4.57 Å². The van der Waals surface area contributed by atoms with E-state index in [1.54, 1.807) is 0 Å². The molecule has 0 fully saturated rings. The molecule has 2 heteroatoms. The number of hydrogen-bond acceptors (Lipinski definition) is 1. The molecule has 44 heavy (non-hydrogen) atoms. The van der Waals surface area contributed by atoms with Crippen LogP contribution in [-0.2, 0) is 0 Å². The Morgan fingerprint density at radius 2 is 0.955 bits per heavy atom. The molecule has 0 aliphatic rings. The molecular formula is C42H30N2. The summed E-state index contributed by atoms with van der Waals surface area (Å²) in [6.07, 6.45) is 0. The maximum Gasteiger partial charge on any atom is 0.0547 e. The highest BCUT2D eigenvalue weighted by atomic mass is 15.1. The molecule has 0 aliphatic carbocycles. The van der Waals surface area contributed by atoms with Crippen molar-refractivity contribution >= 4 is 38.9 Å². The van der Waals surface area contributed by atoms with Gasteiger partial charge >= 0.3 is 0 Å². The van der Waals surface area contributed by atoms with Crippen molar-refractivity contribution in [2.45, 2.75) is 0 Å². The van der Waals surface area contributed by atoms with Crippen molar-refractivity contribution in [3.8, 4) is 27.9 Å². The number of hydrogen-bond donors (Lipinski definition) is 0. The van der Waals surface area contributed by atoms with Crippen LogP contribution in [0.1, 0.15) is 0 Å². The van der Waals surface area contributed by atoms with Gasteiger partial charge in [-0.3, -0.25) is 0 Å². The van der Waals surface area contributed by atoms with Gasteiger partial charge < -0.3 is 9.47 Å². The number of benzene rings is 7. The number of para-hydroxylation sites is 3. The molecule has 0 spiro atoms. The van der Waals surface area contributed by atoms with Gasteiger partial charge in [0.05, 0.1) is 16.7 Å². The Morgan fingerprint density at radius 1 is 0.386 bits per heavy atom. The van der Waals surface area contributed by atoms with Crippen LogP contribution >= 0.6 is 0 Å². The van der Waals surface area contributed by atoms with E-state index in [-0.39, 0.29) is 0 Å². The predicted molar refractivity (Wildman–Crippen MR) is 186 cm³/mol. The Kier molecular flexibility index (Phi) is 6.51. The molecule has 8 aromatic rings. The first kappa shape index (κ1) is 25.8. The Labute approximate surface area is 257 Å². The van der Waals surface area contributed by atoms with E-state index in [1.165, 1.54) is 44.1 Å². The molecule has 0 aliphatic heterocycles. The zero-order chi connectivity index (χ0) is 29.3. The van der Waals surface area contributed by atoms with E-state index in [4.69, 9.17) is 0 Å². The standard InChI is InChI=1S/C42H30N2/c1-5-16-31(17-6-1)36-24-13-14-26-39(36)43(33-20-9-3-10-21-33)35-28-29-40-38(30-35)42-37(32-18-7-2-8-19-32)25-15-27-41(42)44(40)34-22-11-4-12-23-34/h1-30H. The predicted octanol–water partition coefficient (Wildman–Crippen LogP) is 11.6. The van der Waals surface area contributed by atoms with E-state index < -0.39 is 0 Å². The number of anilines is 3. The first-order chi connectivity index (χ1) is 21.9. The fraction of sp³-hybridized carbons (Fsp3) is 0. The summed E-state index contributed by atoms with van der Waals surface area (Å²) in [5.74, 6) is 0. The summed E-state index contributed by atoms with van der Waals surface area (Å²) in [5, 5.41) is 2.47. The fourth-order valence-corrected chi connectivity index (χ4v) is 6.45. The highest BCUT2D eigenvalue weighted by Crippen LogP contribution is 2.44. The number of nitrogens with zero attached hydrogens (tertiary/aromatic N) is 2. The van der Waals surface area contributed by atoms with Gasteiger partial charge in [0.2, 0.25) is 0 Å². The molecule has 0 bridgehead atoms. The largest absolute Gasteiger partial charge is 0.310 e. The minimum Gasteiger partial charge on any atom is -0.310 e. The van der Waals surface area contributed by atoms with Crippen molar-refractivity contribution in [3.63, 3.8) is 0 Å². The second-order valence-electron chi connectivity index (χ2n) is 11.0. The van der Waals surface area contributed by atoms with Crippen LogP contribution in [0.5, 0.6) is 0 Å². The van der Waals surface area contributed by atoms with Crippen LogP contribution < -0.4 is 4.90 Å². The molecule has 0 amide bonds. The summed E-state index contributed by atoms with van der Waals surface area (Å²) in [5.41, 5.74) is 11.7. The Balaban J connectivity index is 1.44. The van der Waals surface area contributed by atoms with Gasteiger partial charge in [-0.15, -0.1) is 0 Å². The van der Waals surface area contributed by atoms with E-state index in [0.29, 0.717) is 0 Å². The van der Waals surface area contributed by atoms with Crippen molar-refractivity contribution in [3.05, 3.63) is 182 Å². The summed E-state index contributed by atoms with van der Waals surface area (Å²) < 4.78 is 2.39. The first-order valence-electron chi connectivity index (χ1n) is 15.0. The second-order valence-corrected chi connectivity index (χ2v) is 11.0.